The Labute approximate surface area is 205 Å². The highest BCUT2D eigenvalue weighted by atomic mass is 35.5. The van der Waals surface area contributed by atoms with Gasteiger partial charge in [0.15, 0.2) is 5.82 Å². The molecule has 0 bridgehead atoms. The molecule has 0 spiro atoms. The summed E-state index contributed by atoms with van der Waals surface area (Å²) in [5, 5.41) is 1.10. The molecule has 0 amide bonds. The zero-order chi connectivity index (χ0) is 23.3. The van der Waals surface area contributed by atoms with Gasteiger partial charge in [-0.2, -0.15) is 0 Å². The molecule has 3 aromatic carbocycles. The molecule has 0 saturated carbocycles. The Hall–Kier alpha value is -3.37. The number of hydrogen-bond acceptors (Lipinski definition) is 3. The number of hydrogen-bond donors (Lipinski definition) is 1. The van der Waals surface area contributed by atoms with Crippen molar-refractivity contribution in [1.29, 1.82) is 0 Å². The number of para-hydroxylation sites is 1. The standard InChI is InChI=1S/C29H29ClN4/c1-21(18-30)16-17-26-32-27-24-14-8-9-15-25(24)31-29(28(27)33-26)34(19-22-10-4-2-5-11-22)20-23-12-6-3-7-13-23/h2-15,21H,16-20H2,1H3,(H,32,33). The summed E-state index contributed by atoms with van der Waals surface area (Å²) in [5.41, 5.74) is 5.45. The molecule has 1 N–H and O–H groups in total. The number of aromatic nitrogens is 3. The number of benzene rings is 3. The van der Waals surface area contributed by atoms with Gasteiger partial charge in [-0.3, -0.25) is 0 Å². The number of fused-ring (bicyclic) bond motifs is 3. The lowest BCUT2D eigenvalue weighted by atomic mass is 10.1. The van der Waals surface area contributed by atoms with Crippen LogP contribution in [0.4, 0.5) is 5.82 Å². The van der Waals surface area contributed by atoms with Gasteiger partial charge in [0.25, 0.3) is 0 Å². The lowest BCUT2D eigenvalue weighted by molar-refractivity contribution is 0.583. The highest BCUT2D eigenvalue weighted by Crippen LogP contribution is 2.32. The second kappa shape index (κ2) is 10.3. The third kappa shape index (κ3) is 4.92. The lowest BCUT2D eigenvalue weighted by Crippen LogP contribution is -2.23. The minimum atomic E-state index is 0.455. The van der Waals surface area contributed by atoms with Gasteiger partial charge in [-0.15, -0.1) is 11.6 Å². The first-order chi connectivity index (χ1) is 16.7. The van der Waals surface area contributed by atoms with Crippen molar-refractivity contribution >= 4 is 39.4 Å². The van der Waals surface area contributed by atoms with Gasteiger partial charge < -0.3 is 9.88 Å². The van der Waals surface area contributed by atoms with Crippen LogP contribution in [-0.2, 0) is 19.5 Å². The van der Waals surface area contributed by atoms with Crippen molar-refractivity contribution in [1.82, 2.24) is 15.0 Å². The van der Waals surface area contributed by atoms with Crippen LogP contribution in [0.1, 0.15) is 30.3 Å². The zero-order valence-corrected chi connectivity index (χ0v) is 20.2. The number of imidazole rings is 1. The van der Waals surface area contributed by atoms with E-state index in [2.05, 4.69) is 95.7 Å². The molecule has 4 nitrogen and oxygen atoms in total. The predicted octanol–water partition coefficient (Wildman–Crippen LogP) is 7.13. The summed E-state index contributed by atoms with van der Waals surface area (Å²) in [6, 6.07) is 29.4. The molecule has 0 aliphatic rings. The van der Waals surface area contributed by atoms with Crippen LogP contribution in [0.5, 0.6) is 0 Å². The first kappa shape index (κ1) is 22.4. The van der Waals surface area contributed by atoms with E-state index in [0.29, 0.717) is 11.8 Å². The molecule has 0 aliphatic heterocycles. The Bertz CT molecular complexity index is 1320. The summed E-state index contributed by atoms with van der Waals surface area (Å²) in [6.45, 7) is 3.68. The maximum absolute atomic E-state index is 6.05. The second-order valence-corrected chi connectivity index (χ2v) is 9.29. The summed E-state index contributed by atoms with van der Waals surface area (Å²) in [7, 11) is 0. The van der Waals surface area contributed by atoms with Gasteiger partial charge >= 0.3 is 0 Å². The third-order valence-electron chi connectivity index (χ3n) is 6.23. The number of H-pyrrole nitrogens is 1. The first-order valence-corrected chi connectivity index (χ1v) is 12.4. The van der Waals surface area contributed by atoms with Crippen LogP contribution in [0.2, 0.25) is 0 Å². The smallest absolute Gasteiger partial charge is 0.158 e. The summed E-state index contributed by atoms with van der Waals surface area (Å²) in [4.78, 5) is 16.2. The molecule has 1 atom stereocenters. The first-order valence-electron chi connectivity index (χ1n) is 11.9. The van der Waals surface area contributed by atoms with Crippen molar-refractivity contribution in [2.75, 3.05) is 10.8 Å². The number of alkyl halides is 1. The number of anilines is 1. The average Bonchev–Trinajstić information content (AvgIpc) is 3.32. The summed E-state index contributed by atoms with van der Waals surface area (Å²) in [5.74, 6) is 3.02. The molecule has 5 heteroatoms. The quantitative estimate of drug-likeness (QED) is 0.234. The maximum Gasteiger partial charge on any atom is 0.158 e. The minimum absolute atomic E-state index is 0.455. The number of nitrogens with zero attached hydrogens (tertiary/aromatic N) is 3. The SMILES string of the molecule is CC(CCl)CCc1nc2c(N(Cc3ccccc3)Cc3ccccc3)nc3ccccc3c2[nH]1. The van der Waals surface area contributed by atoms with E-state index in [4.69, 9.17) is 21.6 Å². The molecule has 1 unspecified atom stereocenters. The number of aryl methyl sites for hydroxylation is 1. The van der Waals surface area contributed by atoms with E-state index in [1.54, 1.807) is 0 Å². The van der Waals surface area contributed by atoms with E-state index in [1.165, 1.54) is 11.1 Å². The Kier molecular flexibility index (Phi) is 6.77. The molecular weight excluding hydrogens is 440 g/mol. The summed E-state index contributed by atoms with van der Waals surface area (Å²) < 4.78 is 0. The van der Waals surface area contributed by atoms with Gasteiger partial charge in [-0.1, -0.05) is 85.8 Å². The van der Waals surface area contributed by atoms with Crippen molar-refractivity contribution < 1.29 is 0 Å². The van der Waals surface area contributed by atoms with E-state index < -0.39 is 0 Å². The molecule has 0 radical (unpaired) electrons. The fourth-order valence-corrected chi connectivity index (χ4v) is 4.50. The van der Waals surface area contributed by atoms with Crippen LogP contribution in [-0.4, -0.2) is 20.8 Å². The zero-order valence-electron chi connectivity index (χ0n) is 19.4. The van der Waals surface area contributed by atoms with E-state index in [1.807, 2.05) is 6.07 Å². The van der Waals surface area contributed by atoms with Gasteiger partial charge in [-0.05, 0) is 29.5 Å². The normalized spacial score (nSPS) is 12.3. The van der Waals surface area contributed by atoms with Crippen molar-refractivity contribution in [3.05, 3.63) is 102 Å². The number of aromatic amines is 1. The number of pyridine rings is 1. The van der Waals surface area contributed by atoms with Crippen LogP contribution in [0.15, 0.2) is 84.9 Å². The van der Waals surface area contributed by atoms with Gasteiger partial charge in [-0.25, -0.2) is 9.97 Å². The fraction of sp³-hybridized carbons (Fsp3) is 0.241. The Morgan fingerprint density at radius 2 is 1.44 bits per heavy atom. The summed E-state index contributed by atoms with van der Waals surface area (Å²) in [6.07, 6.45) is 1.87. The average molecular weight is 469 g/mol. The highest BCUT2D eigenvalue weighted by molar-refractivity contribution is 6.18. The fourth-order valence-electron chi connectivity index (χ4n) is 4.34. The minimum Gasteiger partial charge on any atom is -0.346 e. The van der Waals surface area contributed by atoms with E-state index >= 15 is 0 Å². The largest absolute Gasteiger partial charge is 0.346 e. The van der Waals surface area contributed by atoms with Crippen molar-refractivity contribution in [2.24, 2.45) is 5.92 Å². The van der Waals surface area contributed by atoms with Crippen LogP contribution < -0.4 is 4.90 Å². The molecular formula is C29H29ClN4. The molecule has 2 heterocycles. The van der Waals surface area contributed by atoms with E-state index in [0.717, 1.165) is 59.5 Å². The molecule has 5 rings (SSSR count). The predicted molar refractivity (Wildman–Crippen MR) is 142 cm³/mol. The van der Waals surface area contributed by atoms with Gasteiger partial charge in [0.2, 0.25) is 0 Å². The van der Waals surface area contributed by atoms with Crippen molar-refractivity contribution in [3.63, 3.8) is 0 Å². The molecule has 0 aliphatic carbocycles. The molecule has 34 heavy (non-hydrogen) atoms. The second-order valence-electron chi connectivity index (χ2n) is 8.99. The lowest BCUT2D eigenvalue weighted by Gasteiger charge is -2.25. The molecule has 172 valence electrons. The number of halogens is 1. The number of nitrogens with one attached hydrogen (secondary N) is 1. The highest BCUT2D eigenvalue weighted by Gasteiger charge is 2.19. The van der Waals surface area contributed by atoms with Crippen LogP contribution in [0, 0.1) is 5.92 Å². The monoisotopic (exact) mass is 468 g/mol. The molecule has 5 aromatic rings. The Balaban J connectivity index is 1.62. The topological polar surface area (TPSA) is 44.8 Å². The van der Waals surface area contributed by atoms with Crippen LogP contribution in [0.3, 0.4) is 0 Å². The van der Waals surface area contributed by atoms with Gasteiger partial charge in [0.05, 0.1) is 11.0 Å². The van der Waals surface area contributed by atoms with Crippen LogP contribution >= 0.6 is 11.6 Å². The van der Waals surface area contributed by atoms with Crippen molar-refractivity contribution in [3.8, 4) is 0 Å². The molecule has 0 fully saturated rings. The Morgan fingerprint density at radius 1 is 0.824 bits per heavy atom. The van der Waals surface area contributed by atoms with Gasteiger partial charge in [0.1, 0.15) is 11.3 Å². The maximum atomic E-state index is 6.05. The molecule has 0 saturated heterocycles. The van der Waals surface area contributed by atoms with Crippen LogP contribution in [0.25, 0.3) is 21.9 Å². The number of rotatable bonds is 9. The Morgan fingerprint density at radius 3 is 2.09 bits per heavy atom. The summed E-state index contributed by atoms with van der Waals surface area (Å²) >= 11 is 6.05. The van der Waals surface area contributed by atoms with Gasteiger partial charge in [0, 0.05) is 30.8 Å². The van der Waals surface area contributed by atoms with E-state index in [-0.39, 0.29) is 0 Å². The van der Waals surface area contributed by atoms with E-state index in [9.17, 15) is 0 Å². The van der Waals surface area contributed by atoms with Crippen molar-refractivity contribution in [2.45, 2.75) is 32.9 Å². The molecule has 2 aromatic heterocycles. The third-order valence-corrected chi connectivity index (χ3v) is 6.76.